The van der Waals surface area contributed by atoms with E-state index in [-0.39, 0.29) is 0 Å². The normalized spacial score (nSPS) is 8.69. The smallest absolute Gasteiger partial charge is 0.131 e. The zero-order chi connectivity index (χ0) is 9.52. The fraction of sp³-hybridized carbons (Fsp3) is 0.250. The Labute approximate surface area is 78.8 Å². The maximum absolute atomic E-state index is 10.0. The van der Waals surface area contributed by atoms with Crippen LogP contribution in [-0.2, 0) is 11.2 Å². The third-order valence-corrected chi connectivity index (χ3v) is 1.81. The van der Waals surface area contributed by atoms with Gasteiger partial charge in [-0.1, -0.05) is 37.0 Å². The average molecular weight is 172 g/mol. The van der Waals surface area contributed by atoms with E-state index in [2.05, 4.69) is 24.8 Å². The first-order valence-corrected chi connectivity index (χ1v) is 4.39. The van der Waals surface area contributed by atoms with Crippen LogP contribution in [0.4, 0.5) is 0 Å². The van der Waals surface area contributed by atoms with Crippen LogP contribution in [0.2, 0.25) is 0 Å². The molecule has 0 aliphatic carbocycles. The highest BCUT2D eigenvalue weighted by Crippen LogP contribution is 2.07. The molecule has 1 aromatic rings. The van der Waals surface area contributed by atoms with Gasteiger partial charge in [0.25, 0.3) is 0 Å². The van der Waals surface area contributed by atoms with E-state index >= 15 is 0 Å². The van der Waals surface area contributed by atoms with E-state index in [1.54, 1.807) is 0 Å². The van der Waals surface area contributed by atoms with Gasteiger partial charge in [-0.2, -0.15) is 0 Å². The Bertz CT molecular complexity index is 342. The van der Waals surface area contributed by atoms with Crippen molar-refractivity contribution >= 4 is 6.29 Å². The minimum atomic E-state index is 0.318. The molecule has 0 aromatic heterocycles. The summed E-state index contributed by atoms with van der Waals surface area (Å²) in [5.74, 6) is 5.79. The molecule has 1 aromatic carbocycles. The van der Waals surface area contributed by atoms with Gasteiger partial charge >= 0.3 is 0 Å². The lowest BCUT2D eigenvalue weighted by atomic mass is 10.1. The standard InChI is InChI=1S/C12H12O/c1-2-11-7-3-4-8-12(11)9-5-6-10-13/h3-4,7-8,10H,2,6H2,1H3. The van der Waals surface area contributed by atoms with E-state index in [1.807, 2.05) is 18.2 Å². The molecule has 0 aliphatic heterocycles. The molecule has 0 fully saturated rings. The Morgan fingerprint density at radius 3 is 2.85 bits per heavy atom. The van der Waals surface area contributed by atoms with Crippen LogP contribution in [0.25, 0.3) is 0 Å². The van der Waals surface area contributed by atoms with Crippen LogP contribution in [0.3, 0.4) is 0 Å². The molecule has 0 spiro atoms. The predicted octanol–water partition coefficient (Wildman–Crippen LogP) is 2.19. The summed E-state index contributed by atoms with van der Waals surface area (Å²) < 4.78 is 0. The first kappa shape index (κ1) is 9.54. The summed E-state index contributed by atoms with van der Waals surface area (Å²) in [5.41, 5.74) is 2.27. The van der Waals surface area contributed by atoms with Gasteiger partial charge < -0.3 is 4.79 Å². The second kappa shape index (κ2) is 5.16. The van der Waals surface area contributed by atoms with Gasteiger partial charge in [-0.05, 0) is 18.1 Å². The van der Waals surface area contributed by atoms with Crippen LogP contribution >= 0.6 is 0 Å². The van der Waals surface area contributed by atoms with Gasteiger partial charge in [0.05, 0.1) is 6.42 Å². The third kappa shape index (κ3) is 2.76. The molecular weight excluding hydrogens is 160 g/mol. The molecule has 0 amide bonds. The zero-order valence-electron chi connectivity index (χ0n) is 7.71. The number of carbonyl (C=O) groups excluding carboxylic acids is 1. The summed E-state index contributed by atoms with van der Waals surface area (Å²) >= 11 is 0. The molecule has 0 atom stereocenters. The lowest BCUT2D eigenvalue weighted by Gasteiger charge is -1.98. The SMILES string of the molecule is CCc1ccccc1C#CCC=O. The predicted molar refractivity (Wildman–Crippen MR) is 53.4 cm³/mol. The fourth-order valence-corrected chi connectivity index (χ4v) is 1.14. The molecule has 0 saturated heterocycles. The lowest BCUT2D eigenvalue weighted by Crippen LogP contribution is -1.85. The summed E-state index contributed by atoms with van der Waals surface area (Å²) in [5, 5.41) is 0. The molecule has 1 heteroatoms. The second-order valence-corrected chi connectivity index (χ2v) is 2.68. The largest absolute Gasteiger partial charge is 0.302 e. The molecule has 0 heterocycles. The number of carbonyl (C=O) groups is 1. The molecule has 0 unspecified atom stereocenters. The lowest BCUT2D eigenvalue weighted by molar-refractivity contribution is -0.107. The van der Waals surface area contributed by atoms with Crippen molar-refractivity contribution in [3.05, 3.63) is 35.4 Å². The molecule has 13 heavy (non-hydrogen) atoms. The van der Waals surface area contributed by atoms with Crippen molar-refractivity contribution in [2.75, 3.05) is 0 Å². The molecule has 1 nitrogen and oxygen atoms in total. The number of hydrogen-bond donors (Lipinski definition) is 0. The molecule has 0 aliphatic rings. The van der Waals surface area contributed by atoms with Crippen molar-refractivity contribution < 1.29 is 4.79 Å². The molecule has 0 saturated carbocycles. The molecule has 0 N–H and O–H groups in total. The van der Waals surface area contributed by atoms with Crippen LogP contribution in [-0.4, -0.2) is 6.29 Å². The van der Waals surface area contributed by atoms with Gasteiger partial charge in [-0.25, -0.2) is 0 Å². The Kier molecular flexibility index (Phi) is 3.78. The number of rotatable bonds is 2. The van der Waals surface area contributed by atoms with Gasteiger partial charge in [0.15, 0.2) is 0 Å². The van der Waals surface area contributed by atoms with Crippen LogP contribution in [0.1, 0.15) is 24.5 Å². The molecule has 0 bridgehead atoms. The topological polar surface area (TPSA) is 17.1 Å². The molecule has 66 valence electrons. The Hall–Kier alpha value is -1.55. The van der Waals surface area contributed by atoms with E-state index in [0.717, 1.165) is 18.3 Å². The highest BCUT2D eigenvalue weighted by atomic mass is 16.1. The summed E-state index contributed by atoms with van der Waals surface area (Å²) in [6, 6.07) is 8.01. The van der Waals surface area contributed by atoms with E-state index in [4.69, 9.17) is 0 Å². The average Bonchev–Trinajstić information content (AvgIpc) is 2.19. The summed E-state index contributed by atoms with van der Waals surface area (Å²) in [7, 11) is 0. The van der Waals surface area contributed by atoms with E-state index in [9.17, 15) is 4.79 Å². The number of benzene rings is 1. The second-order valence-electron chi connectivity index (χ2n) is 2.68. The third-order valence-electron chi connectivity index (χ3n) is 1.81. The maximum atomic E-state index is 10.0. The minimum absolute atomic E-state index is 0.318. The van der Waals surface area contributed by atoms with Crippen molar-refractivity contribution in [3.8, 4) is 11.8 Å². The van der Waals surface area contributed by atoms with Gasteiger partial charge in [0.2, 0.25) is 0 Å². The van der Waals surface area contributed by atoms with Crippen molar-refractivity contribution in [1.82, 2.24) is 0 Å². The van der Waals surface area contributed by atoms with E-state index in [0.29, 0.717) is 6.42 Å². The highest BCUT2D eigenvalue weighted by molar-refractivity contribution is 5.55. The zero-order valence-corrected chi connectivity index (χ0v) is 7.71. The summed E-state index contributed by atoms with van der Waals surface area (Å²) in [4.78, 5) is 10.0. The first-order chi connectivity index (χ1) is 6.38. The first-order valence-electron chi connectivity index (χ1n) is 4.39. The van der Waals surface area contributed by atoms with Crippen LogP contribution in [0.5, 0.6) is 0 Å². The number of aldehydes is 1. The Balaban J connectivity index is 2.88. The van der Waals surface area contributed by atoms with Gasteiger partial charge in [-0.3, -0.25) is 0 Å². The van der Waals surface area contributed by atoms with E-state index in [1.165, 1.54) is 5.56 Å². The fourth-order valence-electron chi connectivity index (χ4n) is 1.14. The van der Waals surface area contributed by atoms with Crippen LogP contribution in [0.15, 0.2) is 24.3 Å². The highest BCUT2D eigenvalue weighted by Gasteiger charge is 1.93. The van der Waals surface area contributed by atoms with Crippen molar-refractivity contribution in [3.63, 3.8) is 0 Å². The maximum Gasteiger partial charge on any atom is 0.131 e. The number of hydrogen-bond acceptors (Lipinski definition) is 1. The molecule has 0 radical (unpaired) electrons. The van der Waals surface area contributed by atoms with Crippen molar-refractivity contribution in [2.45, 2.75) is 19.8 Å². The Morgan fingerprint density at radius 1 is 1.38 bits per heavy atom. The van der Waals surface area contributed by atoms with Gasteiger partial charge in [0, 0.05) is 5.56 Å². The molecule has 1 rings (SSSR count). The minimum Gasteiger partial charge on any atom is -0.302 e. The summed E-state index contributed by atoms with van der Waals surface area (Å²) in [6.45, 7) is 2.10. The Morgan fingerprint density at radius 2 is 2.15 bits per heavy atom. The number of aryl methyl sites for hydroxylation is 1. The van der Waals surface area contributed by atoms with Crippen molar-refractivity contribution in [1.29, 1.82) is 0 Å². The molecular formula is C12H12O. The van der Waals surface area contributed by atoms with Gasteiger partial charge in [-0.15, -0.1) is 0 Å². The van der Waals surface area contributed by atoms with Gasteiger partial charge in [0.1, 0.15) is 6.29 Å². The van der Waals surface area contributed by atoms with E-state index < -0.39 is 0 Å². The van der Waals surface area contributed by atoms with Crippen LogP contribution in [0, 0.1) is 11.8 Å². The summed E-state index contributed by atoms with van der Waals surface area (Å²) in [6.07, 6.45) is 2.12. The monoisotopic (exact) mass is 172 g/mol. The van der Waals surface area contributed by atoms with Crippen LogP contribution < -0.4 is 0 Å². The quantitative estimate of drug-likeness (QED) is 0.493. The van der Waals surface area contributed by atoms with Crippen molar-refractivity contribution in [2.24, 2.45) is 0 Å².